The van der Waals surface area contributed by atoms with Gasteiger partial charge in [0.1, 0.15) is 11.9 Å². The van der Waals surface area contributed by atoms with Crippen LogP contribution in [-0.4, -0.2) is 73.9 Å². The Morgan fingerprint density at radius 3 is 2.88 bits per heavy atom. The number of hydrogen-bond donors (Lipinski definition) is 2. The SMILES string of the molecule is N#C[C@H](Cc1ccc(N2CCC3CN(C4CCOC4)CC32)cc1F)NC(=O)C1NC2CCC1C2. The van der Waals surface area contributed by atoms with Gasteiger partial charge in [0.15, 0.2) is 0 Å². The fourth-order valence-corrected chi connectivity index (χ4v) is 7.06. The summed E-state index contributed by atoms with van der Waals surface area (Å²) < 4.78 is 20.7. The maximum atomic E-state index is 15.1. The van der Waals surface area contributed by atoms with Gasteiger partial charge in [0.2, 0.25) is 5.91 Å². The zero-order chi connectivity index (χ0) is 23.2. The molecule has 1 saturated carbocycles. The van der Waals surface area contributed by atoms with E-state index in [-0.39, 0.29) is 24.2 Å². The Morgan fingerprint density at radius 2 is 2.18 bits per heavy atom. The average molecular weight is 468 g/mol. The van der Waals surface area contributed by atoms with Crippen molar-refractivity contribution in [1.82, 2.24) is 15.5 Å². The Bertz CT molecular complexity index is 976. The molecule has 4 heterocycles. The highest BCUT2D eigenvalue weighted by atomic mass is 19.1. The van der Waals surface area contributed by atoms with Crippen LogP contribution in [0.25, 0.3) is 0 Å². The third-order valence-corrected chi connectivity index (χ3v) is 8.90. The Labute approximate surface area is 200 Å². The molecule has 182 valence electrons. The molecule has 1 aromatic carbocycles. The highest BCUT2D eigenvalue weighted by Crippen LogP contribution is 2.37. The number of halogens is 1. The quantitative estimate of drug-likeness (QED) is 0.664. The number of ether oxygens (including phenoxy) is 1. The van der Waals surface area contributed by atoms with Crippen molar-refractivity contribution in [2.45, 2.75) is 68.7 Å². The normalized spacial score (nSPS) is 35.5. The molecule has 1 aliphatic carbocycles. The fraction of sp³-hybridized carbons (Fsp3) is 0.692. The smallest absolute Gasteiger partial charge is 0.238 e. The van der Waals surface area contributed by atoms with E-state index in [0.717, 1.165) is 70.6 Å². The molecule has 7 atom stereocenters. The number of hydrogen-bond acceptors (Lipinski definition) is 6. The molecule has 2 bridgehead atoms. The second-order valence-corrected chi connectivity index (χ2v) is 10.9. The highest BCUT2D eigenvalue weighted by Gasteiger charge is 2.44. The minimum atomic E-state index is -0.734. The van der Waals surface area contributed by atoms with Crippen molar-refractivity contribution in [3.8, 4) is 6.07 Å². The summed E-state index contributed by atoms with van der Waals surface area (Å²) in [4.78, 5) is 17.6. The van der Waals surface area contributed by atoms with E-state index in [9.17, 15) is 10.1 Å². The summed E-state index contributed by atoms with van der Waals surface area (Å²) in [7, 11) is 0. The molecule has 0 radical (unpaired) electrons. The molecule has 6 rings (SSSR count). The summed E-state index contributed by atoms with van der Waals surface area (Å²) in [6.07, 6.45) is 5.65. The zero-order valence-electron chi connectivity index (χ0n) is 19.6. The van der Waals surface area contributed by atoms with Crippen LogP contribution in [0.3, 0.4) is 0 Å². The molecule has 0 aromatic heterocycles. The van der Waals surface area contributed by atoms with E-state index in [0.29, 0.717) is 35.5 Å². The van der Waals surface area contributed by atoms with Crippen molar-refractivity contribution in [3.63, 3.8) is 0 Å². The van der Waals surface area contributed by atoms with Crippen molar-refractivity contribution in [1.29, 1.82) is 5.26 Å². The molecule has 6 unspecified atom stereocenters. The lowest BCUT2D eigenvalue weighted by atomic mass is 9.98. The second kappa shape index (κ2) is 9.10. The first-order valence-corrected chi connectivity index (χ1v) is 12.9. The standard InChI is InChI=1S/C26H34FN5O2/c27-23-11-21(32-7-5-18-13-31(14-24(18)32)22-6-8-34-15-22)4-2-16(23)9-20(12-28)30-26(33)25-17-1-3-19(10-17)29-25/h2,4,11,17-20,22,24-25,29H,1,3,5-10,13-15H2,(H,30,33)/t17?,18?,19?,20-,22?,24?,25?/m0/s1. The van der Waals surface area contributed by atoms with Gasteiger partial charge >= 0.3 is 0 Å². The molecular weight excluding hydrogens is 433 g/mol. The zero-order valence-corrected chi connectivity index (χ0v) is 19.6. The van der Waals surface area contributed by atoms with E-state index in [1.54, 1.807) is 12.1 Å². The van der Waals surface area contributed by atoms with E-state index in [1.165, 1.54) is 0 Å². The van der Waals surface area contributed by atoms with E-state index in [2.05, 4.69) is 26.5 Å². The first kappa shape index (κ1) is 22.3. The van der Waals surface area contributed by atoms with E-state index < -0.39 is 6.04 Å². The van der Waals surface area contributed by atoms with Gasteiger partial charge in [-0.15, -0.1) is 0 Å². The molecule has 34 heavy (non-hydrogen) atoms. The molecule has 1 aromatic rings. The summed E-state index contributed by atoms with van der Waals surface area (Å²) >= 11 is 0. The van der Waals surface area contributed by atoms with Gasteiger partial charge in [0.05, 0.1) is 18.7 Å². The molecule has 2 N–H and O–H groups in total. The van der Waals surface area contributed by atoms with Gasteiger partial charge in [-0.3, -0.25) is 9.69 Å². The van der Waals surface area contributed by atoms with Crippen molar-refractivity contribution in [3.05, 3.63) is 29.6 Å². The van der Waals surface area contributed by atoms with Crippen LogP contribution in [0, 0.1) is 29.0 Å². The van der Waals surface area contributed by atoms with Gasteiger partial charge in [-0.05, 0) is 61.6 Å². The molecule has 1 amide bonds. The first-order valence-electron chi connectivity index (χ1n) is 12.9. The summed E-state index contributed by atoms with van der Waals surface area (Å²) in [6, 6.07) is 7.97. The van der Waals surface area contributed by atoms with Crippen LogP contribution in [0.15, 0.2) is 18.2 Å². The van der Waals surface area contributed by atoms with Crippen LogP contribution >= 0.6 is 0 Å². The Morgan fingerprint density at radius 1 is 1.26 bits per heavy atom. The number of carbonyl (C=O) groups is 1. The molecule has 0 spiro atoms. The molecule has 4 aliphatic heterocycles. The highest BCUT2D eigenvalue weighted by molar-refractivity contribution is 5.83. The number of piperidine rings is 1. The van der Waals surface area contributed by atoms with Gasteiger partial charge in [-0.1, -0.05) is 6.07 Å². The summed E-state index contributed by atoms with van der Waals surface area (Å²) in [5, 5.41) is 15.8. The van der Waals surface area contributed by atoms with Gasteiger partial charge in [0, 0.05) is 56.5 Å². The van der Waals surface area contributed by atoms with Gasteiger partial charge in [0.25, 0.3) is 0 Å². The van der Waals surface area contributed by atoms with Crippen LogP contribution in [0.4, 0.5) is 10.1 Å². The van der Waals surface area contributed by atoms with Crippen LogP contribution in [0.2, 0.25) is 0 Å². The number of nitrogens with zero attached hydrogens (tertiary/aromatic N) is 3. The number of fused-ring (bicyclic) bond motifs is 3. The summed E-state index contributed by atoms with van der Waals surface area (Å²) in [6.45, 7) is 4.77. The Hall–Kier alpha value is -2.21. The monoisotopic (exact) mass is 467 g/mol. The summed E-state index contributed by atoms with van der Waals surface area (Å²) in [5.41, 5.74) is 1.39. The maximum Gasteiger partial charge on any atom is 0.238 e. The maximum absolute atomic E-state index is 15.1. The van der Waals surface area contributed by atoms with Crippen LogP contribution in [-0.2, 0) is 16.0 Å². The Balaban J connectivity index is 1.09. The van der Waals surface area contributed by atoms with Crippen LogP contribution in [0.1, 0.15) is 37.7 Å². The summed E-state index contributed by atoms with van der Waals surface area (Å²) in [5.74, 6) is 0.559. The van der Waals surface area contributed by atoms with E-state index >= 15 is 4.39 Å². The van der Waals surface area contributed by atoms with Crippen molar-refractivity contribution < 1.29 is 13.9 Å². The lowest BCUT2D eigenvalue weighted by Gasteiger charge is -2.29. The van der Waals surface area contributed by atoms with E-state index in [4.69, 9.17) is 4.74 Å². The van der Waals surface area contributed by atoms with Crippen LogP contribution < -0.4 is 15.5 Å². The van der Waals surface area contributed by atoms with Gasteiger partial charge in [-0.2, -0.15) is 5.26 Å². The van der Waals surface area contributed by atoms with Crippen LogP contribution in [0.5, 0.6) is 0 Å². The second-order valence-electron chi connectivity index (χ2n) is 10.9. The number of anilines is 1. The van der Waals surface area contributed by atoms with Crippen molar-refractivity contribution in [2.75, 3.05) is 37.7 Å². The lowest BCUT2D eigenvalue weighted by molar-refractivity contribution is -0.124. The third kappa shape index (κ3) is 4.08. The number of nitriles is 1. The molecule has 5 aliphatic rings. The number of amides is 1. The average Bonchev–Trinajstić information content (AvgIpc) is 3.65. The predicted octanol–water partition coefficient (Wildman–Crippen LogP) is 1.82. The first-order chi connectivity index (χ1) is 16.6. The molecule has 5 fully saturated rings. The molecule has 7 nitrogen and oxygen atoms in total. The minimum Gasteiger partial charge on any atom is -0.380 e. The number of nitrogens with one attached hydrogen (secondary N) is 2. The molecular formula is C26H34FN5O2. The topological polar surface area (TPSA) is 80.6 Å². The number of rotatable bonds is 6. The minimum absolute atomic E-state index is 0.127. The largest absolute Gasteiger partial charge is 0.380 e. The number of carbonyl (C=O) groups excluding carboxylic acids is 1. The van der Waals surface area contributed by atoms with Crippen molar-refractivity contribution >= 4 is 11.6 Å². The third-order valence-electron chi connectivity index (χ3n) is 8.90. The molecule has 4 saturated heterocycles. The van der Waals surface area contributed by atoms with Gasteiger partial charge < -0.3 is 20.3 Å². The fourth-order valence-electron chi connectivity index (χ4n) is 7.06. The Kier molecular flexibility index (Phi) is 5.96. The number of benzene rings is 1. The van der Waals surface area contributed by atoms with Gasteiger partial charge in [-0.25, -0.2) is 4.39 Å². The van der Waals surface area contributed by atoms with Crippen molar-refractivity contribution in [2.24, 2.45) is 11.8 Å². The number of likely N-dealkylation sites (tertiary alicyclic amines) is 1. The van der Waals surface area contributed by atoms with E-state index in [1.807, 2.05) is 6.07 Å². The molecule has 8 heteroatoms. The lowest BCUT2D eigenvalue weighted by Crippen LogP contribution is -2.50. The predicted molar refractivity (Wildman–Crippen MR) is 126 cm³/mol.